The fourth-order valence-corrected chi connectivity index (χ4v) is 4.16. The van der Waals surface area contributed by atoms with E-state index in [1.54, 1.807) is 12.1 Å². The van der Waals surface area contributed by atoms with E-state index in [4.69, 9.17) is 0 Å². The van der Waals surface area contributed by atoms with Crippen molar-refractivity contribution in [1.82, 2.24) is 10.3 Å². The van der Waals surface area contributed by atoms with Crippen LogP contribution in [0.5, 0.6) is 0 Å². The minimum absolute atomic E-state index is 0.0116. The highest BCUT2D eigenvalue weighted by atomic mass is 79.9. The summed E-state index contributed by atoms with van der Waals surface area (Å²) in [6, 6.07) is 23.3. The maximum atomic E-state index is 13.0. The fraction of sp³-hybridized carbons (Fsp3) is 0.0435. The average Bonchev–Trinajstić information content (AvgIpc) is 3.24. The third-order valence-corrected chi connectivity index (χ3v) is 6.07. The van der Waals surface area contributed by atoms with Gasteiger partial charge in [-0.1, -0.05) is 69.7 Å². The molecule has 0 fully saturated rings. The first-order valence-electron chi connectivity index (χ1n) is 9.60. The topological polar surface area (TPSA) is 97.2 Å². The molecule has 0 aliphatic rings. The predicted molar refractivity (Wildman–Crippen MR) is 129 cm³/mol. The lowest BCUT2D eigenvalue weighted by atomic mass is 10.1. The number of carbonyl (C=O) groups excluding carboxylic acids is 1. The quantitative estimate of drug-likeness (QED) is 0.230. The van der Waals surface area contributed by atoms with Crippen LogP contribution in [0.2, 0.25) is 0 Å². The molecule has 7 nitrogen and oxygen atoms in total. The Morgan fingerprint density at radius 3 is 2.34 bits per heavy atom. The summed E-state index contributed by atoms with van der Waals surface area (Å²) in [7, 11) is 0. The second-order valence-electron chi connectivity index (χ2n) is 6.80. The summed E-state index contributed by atoms with van der Waals surface area (Å²) in [4.78, 5) is 28.5. The number of thiazole rings is 1. The van der Waals surface area contributed by atoms with Crippen LogP contribution in [0.3, 0.4) is 0 Å². The Kier molecular flexibility index (Phi) is 6.58. The molecule has 0 spiro atoms. The van der Waals surface area contributed by atoms with Crippen LogP contribution in [-0.2, 0) is 6.54 Å². The average molecular weight is 509 g/mol. The van der Waals surface area contributed by atoms with Crippen molar-refractivity contribution in [1.29, 1.82) is 0 Å². The van der Waals surface area contributed by atoms with Gasteiger partial charge in [-0.15, -0.1) is 0 Å². The highest BCUT2D eigenvalue weighted by Crippen LogP contribution is 2.33. The summed E-state index contributed by atoms with van der Waals surface area (Å²) in [5, 5.41) is 17.5. The van der Waals surface area contributed by atoms with E-state index >= 15 is 0 Å². The largest absolute Gasteiger partial charge is 0.347 e. The van der Waals surface area contributed by atoms with Gasteiger partial charge in [0.1, 0.15) is 4.88 Å². The van der Waals surface area contributed by atoms with Gasteiger partial charge < -0.3 is 10.6 Å². The number of nitrogens with one attached hydrogen (secondary N) is 2. The van der Waals surface area contributed by atoms with Crippen LogP contribution in [0, 0.1) is 10.1 Å². The lowest BCUT2D eigenvalue weighted by molar-refractivity contribution is -0.384. The van der Waals surface area contributed by atoms with Crippen LogP contribution in [0.15, 0.2) is 83.3 Å². The third kappa shape index (κ3) is 5.19. The molecule has 9 heteroatoms. The second-order valence-corrected chi connectivity index (χ2v) is 8.72. The molecule has 2 N–H and O–H groups in total. The monoisotopic (exact) mass is 508 g/mol. The minimum atomic E-state index is -0.453. The first-order valence-corrected chi connectivity index (χ1v) is 11.2. The van der Waals surface area contributed by atoms with Gasteiger partial charge in [-0.2, -0.15) is 0 Å². The molecule has 1 amide bonds. The van der Waals surface area contributed by atoms with Crippen molar-refractivity contribution in [2.75, 3.05) is 5.32 Å². The SMILES string of the molecule is O=C(NCc1ccc([N+](=O)[O-])cc1)c1sc(Nc2ccc(Br)cc2)nc1-c1ccccc1. The number of amides is 1. The van der Waals surface area contributed by atoms with Gasteiger partial charge in [-0.05, 0) is 29.8 Å². The van der Waals surface area contributed by atoms with E-state index in [1.807, 2.05) is 54.6 Å². The van der Waals surface area contributed by atoms with Gasteiger partial charge in [0.2, 0.25) is 0 Å². The molecule has 0 aliphatic carbocycles. The molecule has 160 valence electrons. The number of benzene rings is 3. The Labute approximate surface area is 196 Å². The van der Waals surface area contributed by atoms with Crippen molar-refractivity contribution in [2.45, 2.75) is 6.54 Å². The maximum absolute atomic E-state index is 13.0. The molecular weight excluding hydrogens is 492 g/mol. The molecule has 0 aliphatic heterocycles. The lowest BCUT2D eigenvalue weighted by Gasteiger charge is -2.05. The van der Waals surface area contributed by atoms with Crippen molar-refractivity contribution in [3.63, 3.8) is 0 Å². The minimum Gasteiger partial charge on any atom is -0.347 e. The number of hydrogen-bond donors (Lipinski definition) is 2. The van der Waals surface area contributed by atoms with Gasteiger partial charge in [0.05, 0.1) is 10.6 Å². The number of aromatic nitrogens is 1. The molecule has 4 rings (SSSR count). The number of rotatable bonds is 7. The maximum Gasteiger partial charge on any atom is 0.269 e. The Morgan fingerprint density at radius 1 is 1.00 bits per heavy atom. The van der Waals surface area contributed by atoms with E-state index < -0.39 is 4.92 Å². The highest BCUT2D eigenvalue weighted by Gasteiger charge is 2.20. The summed E-state index contributed by atoms with van der Waals surface area (Å²) in [6.07, 6.45) is 0. The molecule has 0 saturated heterocycles. The molecule has 0 radical (unpaired) electrons. The van der Waals surface area contributed by atoms with Crippen molar-refractivity contribution in [3.8, 4) is 11.3 Å². The molecule has 0 saturated carbocycles. The van der Waals surface area contributed by atoms with Crippen molar-refractivity contribution < 1.29 is 9.72 Å². The van der Waals surface area contributed by atoms with Crippen molar-refractivity contribution >= 4 is 49.7 Å². The standard InChI is InChI=1S/C23H17BrN4O3S/c24-17-8-10-18(11-9-17)26-23-27-20(16-4-2-1-3-5-16)21(32-23)22(29)25-14-15-6-12-19(13-7-15)28(30)31/h1-13H,14H2,(H,25,29)(H,26,27). The van der Waals surface area contributed by atoms with Crippen LogP contribution < -0.4 is 10.6 Å². The van der Waals surface area contributed by atoms with Crippen molar-refractivity contribution in [3.05, 3.63) is 104 Å². The molecule has 0 atom stereocenters. The zero-order valence-corrected chi connectivity index (χ0v) is 19.0. The number of nitro groups is 1. The van der Waals surface area contributed by atoms with Crippen LogP contribution in [0.1, 0.15) is 15.2 Å². The van der Waals surface area contributed by atoms with Crippen LogP contribution in [0.25, 0.3) is 11.3 Å². The Balaban J connectivity index is 1.56. The lowest BCUT2D eigenvalue weighted by Crippen LogP contribution is -2.22. The molecule has 32 heavy (non-hydrogen) atoms. The molecule has 1 heterocycles. The van der Waals surface area contributed by atoms with Crippen LogP contribution in [0.4, 0.5) is 16.5 Å². The number of carbonyl (C=O) groups is 1. The molecule has 4 aromatic rings. The number of nitrogens with zero attached hydrogens (tertiary/aromatic N) is 2. The number of anilines is 2. The van der Waals surface area contributed by atoms with Crippen LogP contribution in [-0.4, -0.2) is 15.8 Å². The third-order valence-electron chi connectivity index (χ3n) is 4.58. The predicted octanol–water partition coefficient (Wildman–Crippen LogP) is 6.15. The van der Waals surface area contributed by atoms with Gasteiger partial charge in [0, 0.05) is 34.4 Å². The van der Waals surface area contributed by atoms with E-state index in [1.165, 1.54) is 23.5 Å². The number of halogens is 1. The fourth-order valence-electron chi connectivity index (χ4n) is 2.97. The molecule has 0 bridgehead atoms. The Morgan fingerprint density at radius 2 is 1.69 bits per heavy atom. The summed E-state index contributed by atoms with van der Waals surface area (Å²) >= 11 is 4.68. The van der Waals surface area contributed by atoms with Gasteiger partial charge >= 0.3 is 0 Å². The Bertz CT molecular complexity index is 1240. The highest BCUT2D eigenvalue weighted by molar-refractivity contribution is 9.10. The van der Waals surface area contributed by atoms with Crippen molar-refractivity contribution in [2.24, 2.45) is 0 Å². The van der Waals surface area contributed by atoms with E-state index in [9.17, 15) is 14.9 Å². The second kappa shape index (κ2) is 9.71. The summed E-state index contributed by atoms with van der Waals surface area (Å²) in [5.41, 5.74) is 3.07. The molecule has 3 aromatic carbocycles. The summed E-state index contributed by atoms with van der Waals surface area (Å²) in [5.74, 6) is -0.261. The molecule has 1 aromatic heterocycles. The normalized spacial score (nSPS) is 10.5. The first-order chi connectivity index (χ1) is 15.5. The molecular formula is C23H17BrN4O3S. The van der Waals surface area contributed by atoms with Gasteiger partial charge in [0.25, 0.3) is 11.6 Å². The first kappa shape index (κ1) is 21.7. The van der Waals surface area contributed by atoms with Gasteiger partial charge in [-0.3, -0.25) is 14.9 Å². The smallest absolute Gasteiger partial charge is 0.269 e. The zero-order chi connectivity index (χ0) is 22.5. The Hall–Kier alpha value is -3.56. The zero-order valence-electron chi connectivity index (χ0n) is 16.6. The van der Waals surface area contributed by atoms with E-state index in [2.05, 4.69) is 31.5 Å². The number of nitro benzene ring substituents is 1. The van der Waals surface area contributed by atoms with Gasteiger partial charge in [0.15, 0.2) is 5.13 Å². The molecule has 0 unspecified atom stereocenters. The van der Waals surface area contributed by atoms with E-state index in [0.29, 0.717) is 15.7 Å². The van der Waals surface area contributed by atoms with E-state index in [-0.39, 0.29) is 18.1 Å². The van der Waals surface area contributed by atoms with Gasteiger partial charge in [-0.25, -0.2) is 4.98 Å². The van der Waals surface area contributed by atoms with Crippen LogP contribution >= 0.6 is 27.3 Å². The summed E-state index contributed by atoms with van der Waals surface area (Å²) < 4.78 is 0.971. The number of non-ortho nitro benzene ring substituents is 1. The number of hydrogen-bond acceptors (Lipinski definition) is 6. The van der Waals surface area contributed by atoms with E-state index in [0.717, 1.165) is 21.3 Å². The summed E-state index contributed by atoms with van der Waals surface area (Å²) in [6.45, 7) is 0.248.